The average Bonchev–Trinajstić information content (AvgIpc) is 3.44. The molecule has 0 radical (unpaired) electrons. The molecule has 0 unspecified atom stereocenters. The maximum absolute atomic E-state index is 12.7. The highest BCUT2D eigenvalue weighted by Gasteiger charge is 2.25. The Balaban J connectivity index is 1.43. The van der Waals surface area contributed by atoms with E-state index in [4.69, 9.17) is 0 Å². The van der Waals surface area contributed by atoms with Gasteiger partial charge in [0.2, 0.25) is 5.91 Å². The van der Waals surface area contributed by atoms with E-state index in [1.165, 1.54) is 5.56 Å². The Morgan fingerprint density at radius 3 is 2.48 bits per heavy atom. The standard InChI is InChI=1S/C25H27N3O2S/c1-2-17-9-11-18(12-10-17)24(22-8-5-15-31-22)26-16-23(29)28-21-7-4-3-6-20(21)25(30)27-19-13-14-19/h3-12,15,19,24,26H,2,13-14,16H2,1H3,(H,27,30)(H,28,29)/t24-/m1/s1. The molecule has 5 nitrogen and oxygen atoms in total. The molecule has 0 bridgehead atoms. The molecule has 3 aromatic rings. The number of benzene rings is 2. The fourth-order valence-corrected chi connectivity index (χ4v) is 4.28. The minimum Gasteiger partial charge on any atom is -0.349 e. The van der Waals surface area contributed by atoms with Gasteiger partial charge in [-0.25, -0.2) is 0 Å². The van der Waals surface area contributed by atoms with Crippen molar-refractivity contribution in [2.45, 2.75) is 38.3 Å². The van der Waals surface area contributed by atoms with Crippen LogP contribution < -0.4 is 16.0 Å². The summed E-state index contributed by atoms with van der Waals surface area (Å²) in [6.07, 6.45) is 3.04. The first kappa shape index (κ1) is 21.3. The van der Waals surface area contributed by atoms with E-state index in [-0.39, 0.29) is 30.4 Å². The van der Waals surface area contributed by atoms with Gasteiger partial charge in [-0.1, -0.05) is 49.4 Å². The number of nitrogens with one attached hydrogen (secondary N) is 3. The third kappa shape index (κ3) is 5.60. The van der Waals surface area contributed by atoms with E-state index in [1.807, 2.05) is 23.6 Å². The van der Waals surface area contributed by atoms with E-state index in [2.05, 4.69) is 53.2 Å². The molecule has 1 aliphatic rings. The van der Waals surface area contributed by atoms with Gasteiger partial charge in [0.05, 0.1) is 23.8 Å². The van der Waals surface area contributed by atoms with Gasteiger partial charge >= 0.3 is 0 Å². The van der Waals surface area contributed by atoms with E-state index >= 15 is 0 Å². The molecular formula is C25H27N3O2S. The van der Waals surface area contributed by atoms with Gasteiger partial charge in [-0.15, -0.1) is 11.3 Å². The van der Waals surface area contributed by atoms with Crippen LogP contribution in [0.2, 0.25) is 0 Å². The third-order valence-electron chi connectivity index (χ3n) is 5.37. The van der Waals surface area contributed by atoms with Gasteiger partial charge in [0.25, 0.3) is 5.91 Å². The summed E-state index contributed by atoms with van der Waals surface area (Å²) in [5.74, 6) is -0.322. The molecular weight excluding hydrogens is 406 g/mol. The van der Waals surface area contributed by atoms with Crippen LogP contribution in [0.25, 0.3) is 0 Å². The Morgan fingerprint density at radius 1 is 1.03 bits per heavy atom. The Morgan fingerprint density at radius 2 is 1.81 bits per heavy atom. The van der Waals surface area contributed by atoms with Crippen LogP contribution >= 0.6 is 11.3 Å². The SMILES string of the molecule is CCc1ccc([C@@H](NCC(=O)Nc2ccccc2C(=O)NC2CC2)c2cccs2)cc1. The van der Waals surface area contributed by atoms with Gasteiger partial charge < -0.3 is 10.6 Å². The second-order valence-electron chi connectivity index (χ2n) is 7.77. The van der Waals surface area contributed by atoms with Crippen molar-refractivity contribution in [3.8, 4) is 0 Å². The Bertz CT molecular complexity index is 1030. The minimum atomic E-state index is -0.182. The lowest BCUT2D eigenvalue weighted by Crippen LogP contribution is -2.32. The number of hydrogen-bond donors (Lipinski definition) is 3. The van der Waals surface area contributed by atoms with Crippen molar-refractivity contribution in [3.63, 3.8) is 0 Å². The molecule has 1 aliphatic carbocycles. The fourth-order valence-electron chi connectivity index (χ4n) is 3.45. The molecule has 160 valence electrons. The predicted octanol–water partition coefficient (Wildman–Crippen LogP) is 4.52. The molecule has 31 heavy (non-hydrogen) atoms. The zero-order valence-electron chi connectivity index (χ0n) is 17.6. The topological polar surface area (TPSA) is 70.2 Å². The van der Waals surface area contributed by atoms with Crippen LogP contribution in [0.1, 0.15) is 52.2 Å². The quantitative estimate of drug-likeness (QED) is 0.465. The zero-order valence-corrected chi connectivity index (χ0v) is 18.4. The summed E-state index contributed by atoms with van der Waals surface area (Å²) >= 11 is 1.66. The molecule has 2 amide bonds. The monoisotopic (exact) mass is 433 g/mol. The summed E-state index contributed by atoms with van der Waals surface area (Å²) in [5.41, 5.74) is 3.43. The Labute approximate surface area is 186 Å². The maximum atomic E-state index is 12.7. The van der Waals surface area contributed by atoms with Crippen molar-refractivity contribution in [1.29, 1.82) is 0 Å². The lowest BCUT2D eigenvalue weighted by atomic mass is 10.0. The van der Waals surface area contributed by atoms with Crippen molar-refractivity contribution in [2.75, 3.05) is 11.9 Å². The molecule has 3 N–H and O–H groups in total. The Hall–Kier alpha value is -2.96. The van der Waals surface area contributed by atoms with Gasteiger partial charge in [-0.2, -0.15) is 0 Å². The number of carbonyl (C=O) groups excluding carboxylic acids is 2. The van der Waals surface area contributed by atoms with E-state index in [1.54, 1.807) is 23.5 Å². The highest BCUT2D eigenvalue weighted by molar-refractivity contribution is 7.10. The molecule has 0 aliphatic heterocycles. The van der Waals surface area contributed by atoms with Gasteiger partial charge in [-0.05, 0) is 54.0 Å². The average molecular weight is 434 g/mol. The Kier molecular flexibility index (Phi) is 6.79. The smallest absolute Gasteiger partial charge is 0.253 e. The summed E-state index contributed by atoms with van der Waals surface area (Å²) in [4.78, 5) is 26.4. The van der Waals surface area contributed by atoms with Gasteiger partial charge in [-0.3, -0.25) is 14.9 Å². The van der Waals surface area contributed by atoms with Crippen molar-refractivity contribution in [2.24, 2.45) is 0 Å². The highest BCUT2D eigenvalue weighted by Crippen LogP contribution is 2.26. The second kappa shape index (κ2) is 9.90. The second-order valence-corrected chi connectivity index (χ2v) is 8.75. The van der Waals surface area contributed by atoms with Gasteiger partial charge in [0.1, 0.15) is 0 Å². The van der Waals surface area contributed by atoms with Crippen molar-refractivity contribution >= 4 is 28.8 Å². The predicted molar refractivity (Wildman–Crippen MR) is 126 cm³/mol. The van der Waals surface area contributed by atoms with Gasteiger partial charge in [0, 0.05) is 10.9 Å². The molecule has 0 spiro atoms. The molecule has 0 saturated heterocycles. The summed E-state index contributed by atoms with van der Waals surface area (Å²) in [5, 5.41) is 11.3. The van der Waals surface area contributed by atoms with Gasteiger partial charge in [0.15, 0.2) is 0 Å². The van der Waals surface area contributed by atoms with Crippen LogP contribution in [0, 0.1) is 0 Å². The number of anilines is 1. The maximum Gasteiger partial charge on any atom is 0.253 e. The van der Waals surface area contributed by atoms with E-state index < -0.39 is 0 Å². The van der Waals surface area contributed by atoms with Crippen LogP contribution in [-0.2, 0) is 11.2 Å². The van der Waals surface area contributed by atoms with Crippen LogP contribution in [0.15, 0.2) is 66.0 Å². The summed E-state index contributed by atoms with van der Waals surface area (Å²) < 4.78 is 0. The zero-order chi connectivity index (χ0) is 21.6. The first-order chi connectivity index (χ1) is 15.1. The molecule has 6 heteroatoms. The molecule has 1 saturated carbocycles. The summed E-state index contributed by atoms with van der Waals surface area (Å²) in [7, 11) is 0. The van der Waals surface area contributed by atoms with Crippen LogP contribution in [0.3, 0.4) is 0 Å². The number of aryl methyl sites for hydroxylation is 1. The lowest BCUT2D eigenvalue weighted by Gasteiger charge is -2.19. The number of rotatable bonds is 9. The van der Waals surface area contributed by atoms with Crippen molar-refractivity contribution in [1.82, 2.24) is 10.6 Å². The number of hydrogen-bond acceptors (Lipinski definition) is 4. The van der Waals surface area contributed by atoms with E-state index in [0.29, 0.717) is 11.3 Å². The number of thiophene rings is 1. The largest absolute Gasteiger partial charge is 0.349 e. The summed E-state index contributed by atoms with van der Waals surface area (Å²) in [6.45, 7) is 2.27. The number of para-hydroxylation sites is 1. The van der Waals surface area contributed by atoms with E-state index in [0.717, 1.165) is 29.7 Å². The first-order valence-electron chi connectivity index (χ1n) is 10.7. The molecule has 1 atom stereocenters. The molecule has 2 aromatic carbocycles. The lowest BCUT2D eigenvalue weighted by molar-refractivity contribution is -0.115. The first-order valence-corrected chi connectivity index (χ1v) is 11.6. The van der Waals surface area contributed by atoms with Crippen LogP contribution in [0.4, 0.5) is 5.69 Å². The number of amides is 2. The molecule has 1 heterocycles. The fraction of sp³-hybridized carbons (Fsp3) is 0.280. The van der Waals surface area contributed by atoms with Crippen LogP contribution in [0.5, 0.6) is 0 Å². The summed E-state index contributed by atoms with van der Waals surface area (Å²) in [6, 6.07) is 19.9. The number of carbonyl (C=O) groups is 2. The molecule has 1 fully saturated rings. The molecule has 1 aromatic heterocycles. The highest BCUT2D eigenvalue weighted by atomic mass is 32.1. The molecule has 4 rings (SSSR count). The van der Waals surface area contributed by atoms with E-state index in [9.17, 15) is 9.59 Å². The normalized spacial score (nSPS) is 14.1. The van der Waals surface area contributed by atoms with Crippen molar-refractivity contribution in [3.05, 3.63) is 87.6 Å². The van der Waals surface area contributed by atoms with Crippen molar-refractivity contribution < 1.29 is 9.59 Å². The third-order valence-corrected chi connectivity index (χ3v) is 6.31. The van der Waals surface area contributed by atoms with Crippen LogP contribution in [-0.4, -0.2) is 24.4 Å². The minimum absolute atomic E-state index is 0.0648.